The van der Waals surface area contributed by atoms with Crippen molar-refractivity contribution in [2.75, 3.05) is 13.1 Å². The molecule has 2 heterocycles. The van der Waals surface area contributed by atoms with Crippen molar-refractivity contribution in [1.29, 1.82) is 0 Å². The third-order valence-corrected chi connectivity index (χ3v) is 4.01. The fourth-order valence-corrected chi connectivity index (χ4v) is 2.67. The second-order valence-electron chi connectivity index (χ2n) is 4.59. The van der Waals surface area contributed by atoms with Gasteiger partial charge in [0, 0.05) is 13.1 Å². The van der Waals surface area contributed by atoms with Gasteiger partial charge in [-0.1, -0.05) is 0 Å². The average molecular weight is 254 g/mol. The molecule has 5 nitrogen and oxygen atoms in total. The molecule has 0 aliphatic carbocycles. The number of amides is 1. The van der Waals surface area contributed by atoms with Gasteiger partial charge in [-0.15, -0.1) is 11.3 Å². The highest BCUT2D eigenvalue weighted by molar-refractivity contribution is 7.13. The Kier molecular flexibility index (Phi) is 2.91. The number of aryl methyl sites for hydroxylation is 1. The van der Waals surface area contributed by atoms with E-state index in [9.17, 15) is 9.59 Å². The van der Waals surface area contributed by atoms with Gasteiger partial charge >= 0.3 is 5.97 Å². The van der Waals surface area contributed by atoms with Gasteiger partial charge in [-0.3, -0.25) is 9.59 Å². The summed E-state index contributed by atoms with van der Waals surface area (Å²) in [5.74, 6) is -0.950. The van der Waals surface area contributed by atoms with Crippen LogP contribution in [0.3, 0.4) is 0 Å². The Bertz CT molecular complexity index is 471. The molecule has 0 unspecified atom stereocenters. The summed E-state index contributed by atoms with van der Waals surface area (Å²) in [6, 6.07) is 0. The van der Waals surface area contributed by atoms with Crippen LogP contribution in [0.15, 0.2) is 6.20 Å². The number of likely N-dealkylation sites (tertiary alicyclic amines) is 1. The first-order chi connectivity index (χ1) is 7.92. The Hall–Kier alpha value is -1.43. The predicted molar refractivity (Wildman–Crippen MR) is 63.1 cm³/mol. The van der Waals surface area contributed by atoms with Crippen LogP contribution in [-0.2, 0) is 4.79 Å². The van der Waals surface area contributed by atoms with Gasteiger partial charge < -0.3 is 10.0 Å². The molecule has 1 aromatic rings. The van der Waals surface area contributed by atoms with E-state index in [0.29, 0.717) is 17.8 Å². The Balaban J connectivity index is 2.11. The third kappa shape index (κ3) is 2.17. The number of aliphatic carboxylic acids is 1. The lowest BCUT2D eigenvalue weighted by molar-refractivity contribution is -0.147. The minimum atomic E-state index is -0.840. The van der Waals surface area contributed by atoms with Gasteiger partial charge in [-0.05, 0) is 20.3 Å². The van der Waals surface area contributed by atoms with Crippen molar-refractivity contribution in [3.8, 4) is 0 Å². The lowest BCUT2D eigenvalue weighted by Gasteiger charge is -2.19. The summed E-state index contributed by atoms with van der Waals surface area (Å²) in [5, 5.41) is 9.94. The van der Waals surface area contributed by atoms with Crippen molar-refractivity contribution < 1.29 is 14.7 Å². The smallest absolute Gasteiger partial charge is 0.311 e. The lowest BCUT2D eigenvalue weighted by atomic mass is 9.90. The van der Waals surface area contributed by atoms with Gasteiger partial charge in [0.15, 0.2) is 0 Å². The third-order valence-electron chi connectivity index (χ3n) is 3.11. The maximum absolute atomic E-state index is 12.1. The van der Waals surface area contributed by atoms with Gasteiger partial charge in [0.05, 0.1) is 16.6 Å². The largest absolute Gasteiger partial charge is 0.481 e. The highest BCUT2D eigenvalue weighted by Gasteiger charge is 2.42. The van der Waals surface area contributed by atoms with E-state index in [1.807, 2.05) is 6.92 Å². The fourth-order valence-electron chi connectivity index (χ4n) is 1.93. The molecular formula is C11H14N2O3S. The summed E-state index contributed by atoms with van der Waals surface area (Å²) in [6.45, 7) is 4.30. The number of hydrogen-bond acceptors (Lipinski definition) is 4. The van der Waals surface area contributed by atoms with E-state index in [1.54, 1.807) is 18.0 Å². The monoisotopic (exact) mass is 254 g/mol. The molecule has 92 valence electrons. The molecule has 0 radical (unpaired) electrons. The number of carbonyl (C=O) groups is 2. The molecule has 1 fully saturated rings. The molecule has 2 rings (SSSR count). The quantitative estimate of drug-likeness (QED) is 0.865. The van der Waals surface area contributed by atoms with Crippen molar-refractivity contribution in [3.63, 3.8) is 0 Å². The van der Waals surface area contributed by atoms with Crippen LogP contribution in [0, 0.1) is 12.3 Å². The zero-order valence-electron chi connectivity index (χ0n) is 9.77. The molecule has 17 heavy (non-hydrogen) atoms. The van der Waals surface area contributed by atoms with E-state index in [2.05, 4.69) is 4.98 Å². The Morgan fingerprint density at radius 2 is 2.29 bits per heavy atom. The molecule has 1 aliphatic rings. The SMILES string of the molecule is Cc1ncc(C(=O)N2CC[C@@](C)(C(=O)O)C2)s1. The lowest BCUT2D eigenvalue weighted by Crippen LogP contribution is -2.34. The van der Waals surface area contributed by atoms with E-state index in [-0.39, 0.29) is 12.5 Å². The maximum Gasteiger partial charge on any atom is 0.311 e. The normalized spacial score (nSPS) is 24.0. The number of carboxylic acid groups (broad SMARTS) is 1. The van der Waals surface area contributed by atoms with Crippen molar-refractivity contribution in [2.24, 2.45) is 5.41 Å². The molecule has 6 heteroatoms. The van der Waals surface area contributed by atoms with Crippen LogP contribution in [0.4, 0.5) is 0 Å². The first-order valence-electron chi connectivity index (χ1n) is 5.37. The van der Waals surface area contributed by atoms with Gasteiger partial charge in [0.25, 0.3) is 5.91 Å². The summed E-state index contributed by atoms with van der Waals surface area (Å²) in [7, 11) is 0. The van der Waals surface area contributed by atoms with Crippen LogP contribution in [-0.4, -0.2) is 40.0 Å². The first-order valence-corrected chi connectivity index (χ1v) is 6.19. The maximum atomic E-state index is 12.1. The number of aromatic nitrogens is 1. The van der Waals surface area contributed by atoms with E-state index in [4.69, 9.17) is 5.11 Å². The van der Waals surface area contributed by atoms with Crippen LogP contribution >= 0.6 is 11.3 Å². The number of carbonyl (C=O) groups excluding carboxylic acids is 1. The second-order valence-corrected chi connectivity index (χ2v) is 5.82. The van der Waals surface area contributed by atoms with E-state index < -0.39 is 11.4 Å². The standard InChI is InChI=1S/C11H14N2O3S/c1-7-12-5-8(17-7)9(14)13-4-3-11(2,6-13)10(15)16/h5H,3-4,6H2,1-2H3,(H,15,16)/t11-/m1/s1. The van der Waals surface area contributed by atoms with Crippen LogP contribution in [0.1, 0.15) is 28.0 Å². The molecule has 0 aromatic carbocycles. The Labute approximate surface area is 103 Å². The molecule has 0 spiro atoms. The van der Waals surface area contributed by atoms with Crippen molar-refractivity contribution in [3.05, 3.63) is 16.1 Å². The van der Waals surface area contributed by atoms with Crippen LogP contribution < -0.4 is 0 Å². The van der Waals surface area contributed by atoms with Gasteiger partial charge in [-0.2, -0.15) is 0 Å². The molecule has 1 aromatic heterocycles. The Morgan fingerprint density at radius 1 is 1.59 bits per heavy atom. The summed E-state index contributed by atoms with van der Waals surface area (Å²) in [6.07, 6.45) is 2.06. The molecule has 1 amide bonds. The molecule has 1 aliphatic heterocycles. The highest BCUT2D eigenvalue weighted by atomic mass is 32.1. The second kappa shape index (κ2) is 4.10. The minimum Gasteiger partial charge on any atom is -0.481 e. The fraction of sp³-hybridized carbons (Fsp3) is 0.545. The number of hydrogen-bond donors (Lipinski definition) is 1. The van der Waals surface area contributed by atoms with Crippen molar-refractivity contribution in [1.82, 2.24) is 9.88 Å². The van der Waals surface area contributed by atoms with Gasteiger partial charge in [0.1, 0.15) is 4.88 Å². The number of thiazole rings is 1. The predicted octanol–water partition coefficient (Wildman–Crippen LogP) is 1.39. The topological polar surface area (TPSA) is 70.5 Å². The van der Waals surface area contributed by atoms with Crippen LogP contribution in [0.25, 0.3) is 0 Å². The molecular weight excluding hydrogens is 240 g/mol. The zero-order valence-corrected chi connectivity index (χ0v) is 10.6. The summed E-state index contributed by atoms with van der Waals surface area (Å²) in [5.41, 5.74) is -0.810. The summed E-state index contributed by atoms with van der Waals surface area (Å²) >= 11 is 1.34. The number of rotatable bonds is 2. The molecule has 1 N–H and O–H groups in total. The Morgan fingerprint density at radius 3 is 2.76 bits per heavy atom. The van der Waals surface area contributed by atoms with E-state index in [1.165, 1.54) is 11.3 Å². The minimum absolute atomic E-state index is 0.111. The van der Waals surface area contributed by atoms with Gasteiger partial charge in [-0.25, -0.2) is 4.98 Å². The molecule has 1 atom stereocenters. The zero-order chi connectivity index (χ0) is 12.6. The van der Waals surface area contributed by atoms with E-state index >= 15 is 0 Å². The summed E-state index contributed by atoms with van der Waals surface area (Å²) in [4.78, 5) is 29.4. The molecule has 1 saturated heterocycles. The van der Waals surface area contributed by atoms with Crippen LogP contribution in [0.5, 0.6) is 0 Å². The average Bonchev–Trinajstić information content (AvgIpc) is 2.85. The molecule has 0 saturated carbocycles. The molecule has 0 bridgehead atoms. The summed E-state index contributed by atoms with van der Waals surface area (Å²) < 4.78 is 0. The number of carboxylic acids is 1. The van der Waals surface area contributed by atoms with Crippen LogP contribution in [0.2, 0.25) is 0 Å². The van der Waals surface area contributed by atoms with Crippen molar-refractivity contribution in [2.45, 2.75) is 20.3 Å². The van der Waals surface area contributed by atoms with E-state index in [0.717, 1.165) is 5.01 Å². The van der Waals surface area contributed by atoms with Gasteiger partial charge in [0.2, 0.25) is 0 Å². The first kappa shape index (κ1) is 12.0. The highest BCUT2D eigenvalue weighted by Crippen LogP contribution is 2.31. The van der Waals surface area contributed by atoms with Crippen molar-refractivity contribution >= 4 is 23.2 Å². The number of nitrogens with zero attached hydrogens (tertiary/aromatic N) is 2.